The first kappa shape index (κ1) is 21.2. The molecule has 9 heteroatoms. The molecule has 0 fully saturated rings. The Morgan fingerprint density at radius 3 is 2.45 bits per heavy atom. The molecule has 0 atom stereocenters. The van der Waals surface area contributed by atoms with E-state index in [-0.39, 0.29) is 17.9 Å². The monoisotopic (exact) mass is 436 g/mol. The van der Waals surface area contributed by atoms with Crippen molar-refractivity contribution >= 4 is 21.7 Å². The summed E-state index contributed by atoms with van der Waals surface area (Å²) >= 11 is 5.90. The zero-order chi connectivity index (χ0) is 21.2. The van der Waals surface area contributed by atoms with Crippen LogP contribution >= 0.6 is 11.6 Å². The van der Waals surface area contributed by atoms with Gasteiger partial charge in [-0.3, -0.25) is 8.98 Å². The molecule has 1 aromatic heterocycles. The Labute approximate surface area is 172 Å². The molecule has 0 bridgehead atoms. The first-order chi connectivity index (χ1) is 13.6. The maximum Gasteiger partial charge on any atom is 0.272 e. The number of hydrogen-bond donors (Lipinski definition) is 0. The fourth-order valence-corrected chi connectivity index (χ4v) is 3.15. The van der Waals surface area contributed by atoms with Gasteiger partial charge in [0.2, 0.25) is 0 Å². The second kappa shape index (κ2) is 8.44. The fraction of sp³-hybridized carbons (Fsp3) is 0.200. The Balaban J connectivity index is 2.08. The Morgan fingerprint density at radius 1 is 1.14 bits per heavy atom. The topological polar surface area (TPSA) is 78.3 Å². The third-order valence-corrected chi connectivity index (χ3v) is 4.97. The summed E-state index contributed by atoms with van der Waals surface area (Å²) in [5, 5.41) is 4.94. The van der Waals surface area contributed by atoms with E-state index in [9.17, 15) is 17.6 Å². The van der Waals surface area contributed by atoms with E-state index in [2.05, 4.69) is 5.10 Å². The average molecular weight is 437 g/mol. The summed E-state index contributed by atoms with van der Waals surface area (Å²) < 4.78 is 42.4. The summed E-state index contributed by atoms with van der Waals surface area (Å²) in [4.78, 5) is 12.8. The van der Waals surface area contributed by atoms with Crippen molar-refractivity contribution in [3.63, 3.8) is 0 Å². The largest absolute Gasteiger partial charge is 0.272 e. The molecule has 0 aliphatic rings. The molecule has 0 saturated carbocycles. The van der Waals surface area contributed by atoms with E-state index >= 15 is 0 Å². The number of rotatable bonds is 6. The highest BCUT2D eigenvalue weighted by atomic mass is 35.5. The minimum atomic E-state index is -3.74. The van der Waals surface area contributed by atoms with Crippen LogP contribution < -0.4 is 5.56 Å². The molecule has 152 valence electrons. The maximum absolute atomic E-state index is 13.6. The molecule has 0 N–H and O–H groups in total. The molecule has 0 amide bonds. The highest BCUT2D eigenvalue weighted by Gasteiger charge is 2.14. The molecule has 6 nitrogen and oxygen atoms in total. The molecule has 0 spiro atoms. The van der Waals surface area contributed by atoms with E-state index in [0.717, 1.165) is 11.8 Å². The standard InChI is InChI=1S/C20H18ClFN2O4S/c1-13-9-15(5-8-18(13)22)19-10-16(12-28-29(2,26)27)20(25)24(23-19)11-14-3-6-17(21)7-4-14/h3-10H,11-12H2,1-2H3. The van der Waals surface area contributed by atoms with Gasteiger partial charge in [0.15, 0.2) is 0 Å². The molecule has 29 heavy (non-hydrogen) atoms. The van der Waals surface area contributed by atoms with Gasteiger partial charge in [0.25, 0.3) is 15.7 Å². The number of nitrogens with zero attached hydrogens (tertiary/aromatic N) is 2. The molecule has 0 aliphatic carbocycles. The van der Waals surface area contributed by atoms with Crippen LogP contribution in [0.2, 0.25) is 5.02 Å². The van der Waals surface area contributed by atoms with Crippen molar-refractivity contribution in [1.82, 2.24) is 9.78 Å². The third kappa shape index (κ3) is 5.50. The van der Waals surface area contributed by atoms with E-state index < -0.39 is 22.3 Å². The second-order valence-corrected chi connectivity index (χ2v) is 8.65. The first-order valence-corrected chi connectivity index (χ1v) is 10.8. The number of aromatic nitrogens is 2. The van der Waals surface area contributed by atoms with Crippen molar-refractivity contribution < 1.29 is 17.0 Å². The molecule has 1 heterocycles. The van der Waals surface area contributed by atoms with Crippen LogP contribution in [0.1, 0.15) is 16.7 Å². The van der Waals surface area contributed by atoms with Gasteiger partial charge in [0, 0.05) is 16.1 Å². The van der Waals surface area contributed by atoms with E-state index in [4.69, 9.17) is 15.8 Å². The van der Waals surface area contributed by atoms with Gasteiger partial charge in [-0.25, -0.2) is 9.07 Å². The Hall–Kier alpha value is -2.55. The van der Waals surface area contributed by atoms with Gasteiger partial charge in [-0.15, -0.1) is 0 Å². The Bertz CT molecular complexity index is 1210. The lowest BCUT2D eigenvalue weighted by Gasteiger charge is -2.12. The van der Waals surface area contributed by atoms with Gasteiger partial charge in [-0.2, -0.15) is 13.5 Å². The smallest absolute Gasteiger partial charge is 0.267 e. The van der Waals surface area contributed by atoms with E-state index in [1.165, 1.54) is 16.8 Å². The van der Waals surface area contributed by atoms with E-state index in [1.54, 1.807) is 43.3 Å². The summed E-state index contributed by atoms with van der Waals surface area (Å²) in [5.41, 5.74) is 1.84. The van der Waals surface area contributed by atoms with Crippen LogP contribution in [-0.4, -0.2) is 24.5 Å². The number of halogens is 2. The summed E-state index contributed by atoms with van der Waals surface area (Å²) in [6, 6.07) is 12.8. The normalized spacial score (nSPS) is 11.6. The lowest BCUT2D eigenvalue weighted by atomic mass is 10.1. The van der Waals surface area contributed by atoms with Crippen LogP contribution in [0.4, 0.5) is 4.39 Å². The van der Waals surface area contributed by atoms with Gasteiger partial charge in [0.1, 0.15) is 5.82 Å². The van der Waals surface area contributed by atoms with Crippen LogP contribution in [0, 0.1) is 12.7 Å². The Morgan fingerprint density at radius 2 is 1.83 bits per heavy atom. The summed E-state index contributed by atoms with van der Waals surface area (Å²) in [7, 11) is -3.74. The van der Waals surface area contributed by atoms with Gasteiger partial charge in [-0.05, 0) is 54.4 Å². The van der Waals surface area contributed by atoms with Crippen molar-refractivity contribution in [2.75, 3.05) is 6.26 Å². The van der Waals surface area contributed by atoms with Gasteiger partial charge < -0.3 is 0 Å². The van der Waals surface area contributed by atoms with Gasteiger partial charge >= 0.3 is 0 Å². The van der Waals surface area contributed by atoms with Crippen LogP contribution in [0.25, 0.3) is 11.3 Å². The van der Waals surface area contributed by atoms with Crippen LogP contribution in [0.3, 0.4) is 0 Å². The Kier molecular flexibility index (Phi) is 6.16. The van der Waals surface area contributed by atoms with Crippen molar-refractivity contribution in [2.24, 2.45) is 0 Å². The van der Waals surface area contributed by atoms with Crippen molar-refractivity contribution in [1.29, 1.82) is 0 Å². The SMILES string of the molecule is Cc1cc(-c2cc(COS(C)(=O)=O)c(=O)n(Cc3ccc(Cl)cc3)n2)ccc1F. The average Bonchev–Trinajstić information content (AvgIpc) is 2.65. The molecule has 0 unspecified atom stereocenters. The first-order valence-electron chi connectivity index (χ1n) is 8.59. The van der Waals surface area contributed by atoms with Crippen molar-refractivity contribution in [2.45, 2.75) is 20.1 Å². The quantitative estimate of drug-likeness (QED) is 0.552. The minimum absolute atomic E-state index is 0.122. The third-order valence-electron chi connectivity index (χ3n) is 4.18. The van der Waals surface area contributed by atoms with Crippen LogP contribution in [0.5, 0.6) is 0 Å². The number of aryl methyl sites for hydroxylation is 1. The number of hydrogen-bond acceptors (Lipinski definition) is 5. The van der Waals surface area contributed by atoms with E-state index in [1.807, 2.05) is 0 Å². The molecule has 0 aliphatic heterocycles. The summed E-state index contributed by atoms with van der Waals surface area (Å²) in [6.07, 6.45) is 0.907. The zero-order valence-electron chi connectivity index (χ0n) is 15.7. The predicted molar refractivity (Wildman–Crippen MR) is 109 cm³/mol. The molecule has 2 aromatic carbocycles. The maximum atomic E-state index is 13.6. The van der Waals surface area contributed by atoms with Gasteiger partial charge in [-0.1, -0.05) is 23.7 Å². The molecule has 3 rings (SSSR count). The molecular formula is C20H18ClFN2O4S. The lowest BCUT2D eigenvalue weighted by Crippen LogP contribution is -2.28. The predicted octanol–water partition coefficient (Wildman–Crippen LogP) is 3.54. The van der Waals surface area contributed by atoms with Gasteiger partial charge in [0.05, 0.1) is 25.1 Å². The van der Waals surface area contributed by atoms with Crippen molar-refractivity contribution in [3.05, 3.63) is 86.4 Å². The van der Waals surface area contributed by atoms with Crippen LogP contribution in [0.15, 0.2) is 53.3 Å². The lowest BCUT2D eigenvalue weighted by molar-refractivity contribution is 0.308. The zero-order valence-corrected chi connectivity index (χ0v) is 17.3. The molecule has 0 saturated heterocycles. The summed E-state index contributed by atoms with van der Waals surface area (Å²) in [6.45, 7) is 1.35. The minimum Gasteiger partial charge on any atom is -0.267 e. The van der Waals surface area contributed by atoms with Crippen LogP contribution in [-0.2, 0) is 27.5 Å². The highest BCUT2D eigenvalue weighted by Crippen LogP contribution is 2.21. The second-order valence-electron chi connectivity index (χ2n) is 6.57. The fourth-order valence-electron chi connectivity index (χ4n) is 2.69. The molecular weight excluding hydrogens is 419 g/mol. The summed E-state index contributed by atoms with van der Waals surface area (Å²) in [5.74, 6) is -0.358. The molecule has 0 radical (unpaired) electrons. The van der Waals surface area contributed by atoms with Crippen molar-refractivity contribution in [3.8, 4) is 11.3 Å². The van der Waals surface area contributed by atoms with E-state index in [0.29, 0.717) is 21.8 Å². The number of benzene rings is 2. The molecule has 3 aromatic rings. The highest BCUT2D eigenvalue weighted by molar-refractivity contribution is 7.85.